The second-order valence-corrected chi connectivity index (χ2v) is 7.95. The molecule has 0 bridgehead atoms. The van der Waals surface area contributed by atoms with Gasteiger partial charge in [-0.15, -0.1) is 0 Å². The maximum atomic E-state index is 13.0. The molecule has 1 unspecified atom stereocenters. The van der Waals surface area contributed by atoms with Gasteiger partial charge in [-0.3, -0.25) is 0 Å². The largest absolute Gasteiger partial charge is 0.465 e. The molecule has 1 aliphatic carbocycles. The zero-order chi connectivity index (χ0) is 22.3. The zero-order valence-corrected chi connectivity index (χ0v) is 16.9. The van der Waals surface area contributed by atoms with Crippen molar-refractivity contribution in [1.82, 2.24) is 4.90 Å². The number of aryl methyl sites for hydroxylation is 1. The molecule has 0 saturated carbocycles. The van der Waals surface area contributed by atoms with Crippen molar-refractivity contribution < 1.29 is 36.2 Å². The summed E-state index contributed by atoms with van der Waals surface area (Å²) in [6.07, 6.45) is -10.3. The summed E-state index contributed by atoms with van der Waals surface area (Å²) >= 11 is 3.33. The van der Waals surface area contributed by atoms with E-state index in [9.17, 15) is 36.2 Å². The smallest absolute Gasteiger partial charge is 0.416 e. The first-order valence-electron chi connectivity index (χ1n) is 8.92. The van der Waals surface area contributed by atoms with Crippen molar-refractivity contribution in [3.05, 3.63) is 68.7 Å². The number of nitrogens with zero attached hydrogens (tertiary/aromatic N) is 1. The molecule has 0 saturated heterocycles. The van der Waals surface area contributed by atoms with Crippen LogP contribution in [-0.4, -0.2) is 22.6 Å². The molecule has 3 nitrogen and oxygen atoms in total. The first-order valence-corrected chi connectivity index (χ1v) is 9.72. The van der Waals surface area contributed by atoms with E-state index < -0.39 is 35.6 Å². The third-order valence-corrected chi connectivity index (χ3v) is 5.56. The maximum Gasteiger partial charge on any atom is 0.416 e. The number of hydrogen-bond acceptors (Lipinski definition) is 1. The minimum absolute atomic E-state index is 0.0587. The van der Waals surface area contributed by atoms with Gasteiger partial charge in [0.05, 0.1) is 17.2 Å². The van der Waals surface area contributed by atoms with Gasteiger partial charge in [0.25, 0.3) is 0 Å². The molecule has 30 heavy (non-hydrogen) atoms. The van der Waals surface area contributed by atoms with Crippen LogP contribution >= 0.6 is 15.9 Å². The summed E-state index contributed by atoms with van der Waals surface area (Å²) in [6.45, 7) is -0.232. The lowest BCUT2D eigenvalue weighted by Gasteiger charge is -2.27. The number of carbonyl (C=O) groups is 1. The van der Waals surface area contributed by atoms with Crippen molar-refractivity contribution in [2.75, 3.05) is 6.54 Å². The topological polar surface area (TPSA) is 40.5 Å². The van der Waals surface area contributed by atoms with E-state index in [0.29, 0.717) is 25.0 Å². The molecule has 0 aromatic heterocycles. The van der Waals surface area contributed by atoms with Crippen LogP contribution < -0.4 is 0 Å². The summed E-state index contributed by atoms with van der Waals surface area (Å²) in [4.78, 5) is 12.9. The highest BCUT2D eigenvalue weighted by molar-refractivity contribution is 9.10. The highest BCUT2D eigenvalue weighted by Gasteiger charge is 2.37. The monoisotopic (exact) mass is 495 g/mol. The van der Waals surface area contributed by atoms with Gasteiger partial charge in [0, 0.05) is 11.0 Å². The summed E-state index contributed by atoms with van der Waals surface area (Å²) < 4.78 is 79.0. The molecule has 1 aliphatic rings. The lowest BCUT2D eigenvalue weighted by atomic mass is 10.0. The molecule has 0 aliphatic heterocycles. The van der Waals surface area contributed by atoms with E-state index in [1.165, 1.54) is 0 Å². The Bertz CT molecular complexity index is 925. The van der Waals surface area contributed by atoms with E-state index in [1.54, 1.807) is 6.07 Å². The van der Waals surface area contributed by atoms with Gasteiger partial charge >= 0.3 is 18.4 Å². The van der Waals surface area contributed by atoms with Crippen LogP contribution in [0.2, 0.25) is 0 Å². The number of carboxylic acid groups (broad SMARTS) is 1. The van der Waals surface area contributed by atoms with Crippen molar-refractivity contribution in [2.45, 2.75) is 37.7 Å². The number of hydrogen-bond donors (Lipinski definition) is 1. The quantitative estimate of drug-likeness (QED) is 0.479. The van der Waals surface area contributed by atoms with Crippen molar-refractivity contribution in [2.24, 2.45) is 0 Å². The normalized spacial score (nSPS) is 16.4. The molecule has 2 aromatic rings. The van der Waals surface area contributed by atoms with Gasteiger partial charge in [0.2, 0.25) is 0 Å². The van der Waals surface area contributed by atoms with Gasteiger partial charge < -0.3 is 10.0 Å². The SMILES string of the molecule is O=C(O)N(CCc1cc(C(F)(F)F)cc(C(F)(F)F)c1)C1CCc2ccc(Br)cc21. The van der Waals surface area contributed by atoms with Gasteiger partial charge in [-0.2, -0.15) is 26.3 Å². The minimum Gasteiger partial charge on any atom is -0.465 e. The van der Waals surface area contributed by atoms with Crippen LogP contribution in [0.4, 0.5) is 31.1 Å². The summed E-state index contributed by atoms with van der Waals surface area (Å²) in [5.74, 6) is 0. The van der Waals surface area contributed by atoms with Gasteiger partial charge in [-0.1, -0.05) is 22.0 Å². The van der Waals surface area contributed by atoms with Crippen LogP contribution in [0.15, 0.2) is 40.9 Å². The summed E-state index contributed by atoms with van der Waals surface area (Å²) in [5, 5.41) is 9.63. The second kappa shape index (κ2) is 8.13. The Hall–Kier alpha value is -2.23. The van der Waals surface area contributed by atoms with Crippen LogP contribution in [0.1, 0.15) is 40.3 Å². The molecular formula is C20H16BrF6NO2. The molecule has 0 fully saturated rings. The van der Waals surface area contributed by atoms with Crippen LogP contribution in [-0.2, 0) is 25.2 Å². The number of halogens is 7. The van der Waals surface area contributed by atoms with Crippen molar-refractivity contribution in [3.8, 4) is 0 Å². The highest BCUT2D eigenvalue weighted by Crippen LogP contribution is 2.39. The molecule has 0 radical (unpaired) electrons. The maximum absolute atomic E-state index is 13.0. The van der Waals surface area contributed by atoms with E-state index in [4.69, 9.17) is 0 Å². The first kappa shape index (κ1) is 22.5. The van der Waals surface area contributed by atoms with Crippen LogP contribution in [0.25, 0.3) is 0 Å². The fourth-order valence-corrected chi connectivity index (χ4v) is 4.05. The Morgan fingerprint density at radius 1 is 1.03 bits per heavy atom. The fourth-order valence-electron chi connectivity index (χ4n) is 3.67. The summed E-state index contributed by atoms with van der Waals surface area (Å²) in [6, 6.07) is 6.29. The van der Waals surface area contributed by atoms with Crippen LogP contribution in [0.5, 0.6) is 0 Å². The molecule has 1 atom stereocenters. The Morgan fingerprint density at radius 2 is 1.63 bits per heavy atom. The molecule has 1 amide bonds. The molecule has 0 spiro atoms. The molecule has 0 heterocycles. The van der Waals surface area contributed by atoms with E-state index in [-0.39, 0.29) is 24.6 Å². The van der Waals surface area contributed by atoms with Crippen molar-refractivity contribution in [1.29, 1.82) is 0 Å². The zero-order valence-electron chi connectivity index (χ0n) is 15.3. The summed E-state index contributed by atoms with van der Waals surface area (Å²) in [5.41, 5.74) is -1.30. The molecule has 2 aromatic carbocycles. The minimum atomic E-state index is -4.95. The van der Waals surface area contributed by atoms with Gasteiger partial charge in [0.1, 0.15) is 0 Å². The molecule has 10 heteroatoms. The number of rotatable bonds is 4. The van der Waals surface area contributed by atoms with Gasteiger partial charge in [0.15, 0.2) is 0 Å². The average molecular weight is 496 g/mol. The third kappa shape index (κ3) is 4.91. The van der Waals surface area contributed by atoms with Gasteiger partial charge in [-0.05, 0) is 66.3 Å². The Morgan fingerprint density at radius 3 is 2.17 bits per heavy atom. The van der Waals surface area contributed by atoms with Gasteiger partial charge in [-0.25, -0.2) is 4.79 Å². The number of amides is 1. The third-order valence-electron chi connectivity index (χ3n) is 5.06. The summed E-state index contributed by atoms with van der Waals surface area (Å²) in [7, 11) is 0. The lowest BCUT2D eigenvalue weighted by molar-refractivity contribution is -0.143. The van der Waals surface area contributed by atoms with E-state index in [2.05, 4.69) is 15.9 Å². The van der Waals surface area contributed by atoms with E-state index >= 15 is 0 Å². The Balaban J connectivity index is 1.88. The molecular weight excluding hydrogens is 480 g/mol. The second-order valence-electron chi connectivity index (χ2n) is 7.04. The predicted molar refractivity (Wildman–Crippen MR) is 100 cm³/mol. The molecule has 3 rings (SSSR count). The molecule has 162 valence electrons. The van der Waals surface area contributed by atoms with E-state index in [0.717, 1.165) is 20.5 Å². The Kier molecular flexibility index (Phi) is 6.08. The van der Waals surface area contributed by atoms with Crippen LogP contribution in [0.3, 0.4) is 0 Å². The Labute approximate surface area is 176 Å². The fraction of sp³-hybridized carbons (Fsp3) is 0.350. The average Bonchev–Trinajstić information content (AvgIpc) is 3.03. The van der Waals surface area contributed by atoms with Crippen molar-refractivity contribution >= 4 is 22.0 Å². The van der Waals surface area contributed by atoms with Crippen LogP contribution in [0, 0.1) is 0 Å². The van der Waals surface area contributed by atoms with E-state index in [1.807, 2.05) is 12.1 Å². The number of fused-ring (bicyclic) bond motifs is 1. The number of alkyl halides is 6. The lowest BCUT2D eigenvalue weighted by Crippen LogP contribution is -2.34. The molecule has 1 N–H and O–H groups in total. The number of benzene rings is 2. The highest BCUT2D eigenvalue weighted by atomic mass is 79.9. The predicted octanol–water partition coefficient (Wildman–Crippen LogP) is 6.70. The van der Waals surface area contributed by atoms with Crippen molar-refractivity contribution in [3.63, 3.8) is 0 Å². The first-order chi connectivity index (χ1) is 13.9. The standard InChI is InChI=1S/C20H16BrF6NO2/c21-15-3-1-12-2-4-17(16(12)10-15)28(18(29)30)6-5-11-7-13(19(22,23)24)9-14(8-11)20(25,26)27/h1,3,7-10,17H,2,4-6H2,(H,29,30).